The molecule has 1 saturated heterocycles. The number of para-hydroxylation sites is 1. The summed E-state index contributed by atoms with van der Waals surface area (Å²) < 4.78 is 0. The lowest BCUT2D eigenvalue weighted by Crippen LogP contribution is -2.49. The van der Waals surface area contributed by atoms with Crippen molar-refractivity contribution in [3.63, 3.8) is 0 Å². The summed E-state index contributed by atoms with van der Waals surface area (Å²) in [4.78, 5) is 28.9. The Bertz CT molecular complexity index is 779. The number of carbonyl (C=O) groups excluding carboxylic acids is 2. The van der Waals surface area contributed by atoms with Crippen LogP contribution in [0.4, 0.5) is 5.69 Å². The summed E-state index contributed by atoms with van der Waals surface area (Å²) in [5, 5.41) is 2.91. The fourth-order valence-corrected chi connectivity index (χ4v) is 3.37. The average molecular weight is 380 g/mol. The first-order chi connectivity index (χ1) is 13.5. The van der Waals surface area contributed by atoms with Crippen LogP contribution < -0.4 is 5.32 Å². The summed E-state index contributed by atoms with van der Waals surface area (Å²) in [7, 11) is 0. The quantitative estimate of drug-likeness (QED) is 0.834. The van der Waals surface area contributed by atoms with Crippen LogP contribution >= 0.6 is 0 Å². The monoisotopic (exact) mass is 379 g/mol. The van der Waals surface area contributed by atoms with Gasteiger partial charge in [0.05, 0.1) is 0 Å². The molecule has 148 valence electrons. The molecule has 1 fully saturated rings. The molecule has 0 aromatic heterocycles. The molecule has 5 heteroatoms. The van der Waals surface area contributed by atoms with Crippen molar-refractivity contribution in [3.8, 4) is 0 Å². The number of nitrogens with zero attached hydrogens (tertiary/aromatic N) is 2. The lowest BCUT2D eigenvalue weighted by Gasteiger charge is -2.34. The molecule has 2 aromatic carbocycles. The average Bonchev–Trinajstić information content (AvgIpc) is 2.73. The number of amides is 2. The normalized spacial score (nSPS) is 14.9. The van der Waals surface area contributed by atoms with Crippen LogP contribution in [0.5, 0.6) is 0 Å². The highest BCUT2D eigenvalue weighted by atomic mass is 16.2. The zero-order chi connectivity index (χ0) is 19.9. The smallest absolute Gasteiger partial charge is 0.253 e. The van der Waals surface area contributed by atoms with Crippen molar-refractivity contribution >= 4 is 17.5 Å². The molecule has 0 aliphatic carbocycles. The summed E-state index contributed by atoms with van der Waals surface area (Å²) in [6.45, 7) is 8.01. The van der Waals surface area contributed by atoms with E-state index in [1.807, 2.05) is 59.5 Å². The van der Waals surface area contributed by atoms with Gasteiger partial charge >= 0.3 is 0 Å². The largest absolute Gasteiger partial charge is 0.336 e. The van der Waals surface area contributed by atoms with Gasteiger partial charge in [0.25, 0.3) is 5.91 Å². The van der Waals surface area contributed by atoms with Crippen LogP contribution in [0, 0.1) is 0 Å². The first-order valence-electron chi connectivity index (χ1n) is 9.99. The molecule has 0 radical (unpaired) electrons. The molecule has 5 nitrogen and oxygen atoms in total. The van der Waals surface area contributed by atoms with Crippen LogP contribution in [-0.2, 0) is 4.79 Å². The molecule has 3 rings (SSSR count). The second-order valence-electron chi connectivity index (χ2n) is 7.57. The van der Waals surface area contributed by atoms with E-state index in [4.69, 9.17) is 0 Å². The highest BCUT2D eigenvalue weighted by molar-refractivity contribution is 5.94. The highest BCUT2D eigenvalue weighted by Crippen LogP contribution is 2.16. The van der Waals surface area contributed by atoms with Gasteiger partial charge in [-0.2, -0.15) is 0 Å². The van der Waals surface area contributed by atoms with E-state index in [2.05, 4.69) is 24.1 Å². The van der Waals surface area contributed by atoms with Crippen LogP contribution in [0.3, 0.4) is 0 Å². The van der Waals surface area contributed by atoms with E-state index in [9.17, 15) is 9.59 Å². The van der Waals surface area contributed by atoms with Gasteiger partial charge < -0.3 is 10.2 Å². The Kier molecular flexibility index (Phi) is 6.82. The van der Waals surface area contributed by atoms with Gasteiger partial charge in [-0.3, -0.25) is 14.5 Å². The predicted octanol–water partition coefficient (Wildman–Crippen LogP) is 3.60. The topological polar surface area (TPSA) is 52.7 Å². The predicted molar refractivity (Wildman–Crippen MR) is 113 cm³/mol. The number of carbonyl (C=O) groups is 2. The Morgan fingerprint density at radius 2 is 1.57 bits per heavy atom. The minimum absolute atomic E-state index is 0.0231. The number of hydrogen-bond acceptors (Lipinski definition) is 3. The minimum atomic E-state index is 0.0231. The van der Waals surface area contributed by atoms with E-state index >= 15 is 0 Å². The van der Waals surface area contributed by atoms with Gasteiger partial charge in [0.1, 0.15) is 0 Å². The maximum absolute atomic E-state index is 12.7. The molecule has 0 spiro atoms. The SMILES string of the molecule is CC(C)c1ccc(C(=O)N2CCN(CCC(=O)Nc3ccccc3)CC2)cc1. The molecular formula is C23H29N3O2. The van der Waals surface area contributed by atoms with E-state index in [1.165, 1.54) is 5.56 Å². The molecule has 0 saturated carbocycles. The molecule has 28 heavy (non-hydrogen) atoms. The van der Waals surface area contributed by atoms with E-state index in [-0.39, 0.29) is 11.8 Å². The molecule has 2 aromatic rings. The van der Waals surface area contributed by atoms with E-state index in [0.29, 0.717) is 32.0 Å². The second-order valence-corrected chi connectivity index (χ2v) is 7.57. The third-order valence-corrected chi connectivity index (χ3v) is 5.20. The molecule has 1 heterocycles. The number of hydrogen-bond donors (Lipinski definition) is 1. The van der Waals surface area contributed by atoms with Crippen LogP contribution in [0.2, 0.25) is 0 Å². The van der Waals surface area contributed by atoms with Gasteiger partial charge in [0.15, 0.2) is 0 Å². The van der Waals surface area contributed by atoms with Crippen molar-refractivity contribution < 1.29 is 9.59 Å². The minimum Gasteiger partial charge on any atom is -0.336 e. The van der Waals surface area contributed by atoms with Gasteiger partial charge in [-0.1, -0.05) is 44.2 Å². The summed E-state index contributed by atoms with van der Waals surface area (Å²) >= 11 is 0. The van der Waals surface area contributed by atoms with Crippen LogP contribution in [0.15, 0.2) is 54.6 Å². The first kappa shape index (κ1) is 20.1. The van der Waals surface area contributed by atoms with Crippen molar-refractivity contribution in [2.45, 2.75) is 26.2 Å². The maximum Gasteiger partial charge on any atom is 0.253 e. The van der Waals surface area contributed by atoms with Crippen molar-refractivity contribution in [1.29, 1.82) is 0 Å². The zero-order valence-electron chi connectivity index (χ0n) is 16.7. The molecule has 1 N–H and O–H groups in total. The Morgan fingerprint density at radius 3 is 2.18 bits per heavy atom. The first-order valence-corrected chi connectivity index (χ1v) is 9.99. The summed E-state index contributed by atoms with van der Waals surface area (Å²) in [6, 6.07) is 17.4. The van der Waals surface area contributed by atoms with E-state index < -0.39 is 0 Å². The third-order valence-electron chi connectivity index (χ3n) is 5.20. The van der Waals surface area contributed by atoms with Crippen molar-refractivity contribution in [1.82, 2.24) is 9.80 Å². The van der Waals surface area contributed by atoms with Crippen molar-refractivity contribution in [2.75, 3.05) is 38.0 Å². The molecule has 2 amide bonds. The molecule has 0 unspecified atom stereocenters. The van der Waals surface area contributed by atoms with Gasteiger partial charge in [0, 0.05) is 50.4 Å². The Morgan fingerprint density at radius 1 is 0.929 bits per heavy atom. The van der Waals surface area contributed by atoms with Gasteiger partial charge in [-0.15, -0.1) is 0 Å². The van der Waals surface area contributed by atoms with Gasteiger partial charge in [-0.05, 0) is 35.7 Å². The number of anilines is 1. The second kappa shape index (κ2) is 9.51. The van der Waals surface area contributed by atoms with E-state index in [1.54, 1.807) is 0 Å². The molecule has 0 bridgehead atoms. The van der Waals surface area contributed by atoms with Gasteiger partial charge in [0.2, 0.25) is 5.91 Å². The standard InChI is InChI=1S/C23H29N3O2/c1-18(2)19-8-10-20(11-9-19)23(28)26-16-14-25(15-17-26)13-12-22(27)24-21-6-4-3-5-7-21/h3-11,18H,12-17H2,1-2H3,(H,24,27). The third kappa shape index (κ3) is 5.42. The molecule has 1 aliphatic rings. The Balaban J connectivity index is 1.42. The lowest BCUT2D eigenvalue weighted by molar-refractivity contribution is -0.116. The Hall–Kier alpha value is -2.66. The molecular weight excluding hydrogens is 350 g/mol. The maximum atomic E-state index is 12.7. The van der Waals surface area contributed by atoms with Crippen LogP contribution in [0.25, 0.3) is 0 Å². The van der Waals surface area contributed by atoms with Gasteiger partial charge in [-0.25, -0.2) is 0 Å². The summed E-state index contributed by atoms with van der Waals surface area (Å²) in [5.74, 6) is 0.582. The van der Waals surface area contributed by atoms with Crippen molar-refractivity contribution in [2.24, 2.45) is 0 Å². The Labute approximate surface area is 167 Å². The zero-order valence-corrected chi connectivity index (χ0v) is 16.7. The molecule has 1 aliphatic heterocycles. The van der Waals surface area contributed by atoms with E-state index in [0.717, 1.165) is 24.3 Å². The lowest BCUT2D eigenvalue weighted by atomic mass is 10.0. The highest BCUT2D eigenvalue weighted by Gasteiger charge is 2.22. The number of piperazine rings is 1. The fraction of sp³-hybridized carbons (Fsp3) is 0.391. The number of rotatable bonds is 6. The molecule has 0 atom stereocenters. The van der Waals surface area contributed by atoms with Crippen LogP contribution in [0.1, 0.15) is 42.1 Å². The fourth-order valence-electron chi connectivity index (χ4n) is 3.37. The van der Waals surface area contributed by atoms with Crippen molar-refractivity contribution in [3.05, 3.63) is 65.7 Å². The number of benzene rings is 2. The summed E-state index contributed by atoms with van der Waals surface area (Å²) in [5.41, 5.74) is 2.82. The number of nitrogens with one attached hydrogen (secondary N) is 1. The summed E-state index contributed by atoms with van der Waals surface area (Å²) in [6.07, 6.45) is 0.458. The van der Waals surface area contributed by atoms with Crippen LogP contribution in [-0.4, -0.2) is 54.3 Å².